The summed E-state index contributed by atoms with van der Waals surface area (Å²) < 4.78 is 1.39. The first-order valence-electron chi connectivity index (χ1n) is 7.01. The van der Waals surface area contributed by atoms with E-state index in [-0.39, 0.29) is 11.5 Å². The highest BCUT2D eigenvalue weighted by Gasteiger charge is 2.19. The van der Waals surface area contributed by atoms with Gasteiger partial charge in [-0.2, -0.15) is 0 Å². The van der Waals surface area contributed by atoms with Gasteiger partial charge in [-0.3, -0.25) is 9.59 Å². The number of carbonyl (C=O) groups excluding carboxylic acids is 1. The van der Waals surface area contributed by atoms with Crippen molar-refractivity contribution in [3.05, 3.63) is 54.9 Å². The Bertz CT molecular complexity index is 1020. The molecule has 2 aromatic heterocycles. The van der Waals surface area contributed by atoms with Gasteiger partial charge < -0.3 is 9.88 Å². The van der Waals surface area contributed by atoms with Gasteiger partial charge in [0.1, 0.15) is 4.83 Å². The normalized spacial score (nSPS) is 11.0. The number of amides is 1. The molecule has 8 heteroatoms. The Hall–Kier alpha value is -1.89. The number of rotatable bonds is 2. The summed E-state index contributed by atoms with van der Waals surface area (Å²) in [5, 5.41) is 4.18. The highest BCUT2D eigenvalue weighted by Crippen LogP contribution is 2.30. The quantitative estimate of drug-likeness (QED) is 0.724. The van der Waals surface area contributed by atoms with Crippen LogP contribution in [0.15, 0.2) is 23.3 Å². The Balaban J connectivity index is 2.02. The predicted molar refractivity (Wildman–Crippen MR) is 98.8 cm³/mol. The summed E-state index contributed by atoms with van der Waals surface area (Å²) in [5.74, 6) is -0.325. The summed E-state index contributed by atoms with van der Waals surface area (Å²) in [5.41, 5.74) is 1.69. The van der Waals surface area contributed by atoms with Crippen molar-refractivity contribution in [3.63, 3.8) is 0 Å². The van der Waals surface area contributed by atoms with Crippen LogP contribution in [0.1, 0.15) is 20.8 Å². The number of fused-ring (bicyclic) bond motifs is 1. The minimum absolute atomic E-state index is 0.172. The molecule has 0 bridgehead atoms. The molecule has 0 radical (unpaired) electrons. The zero-order chi connectivity index (χ0) is 17.6. The maximum absolute atomic E-state index is 12.6. The molecule has 1 amide bonds. The lowest BCUT2D eigenvalue weighted by molar-refractivity contribution is 0.103. The number of hydrogen-bond acceptors (Lipinski definition) is 4. The lowest BCUT2D eigenvalue weighted by Gasteiger charge is -2.08. The molecule has 0 atom stereocenters. The fourth-order valence-corrected chi connectivity index (χ4v) is 3.85. The highest BCUT2D eigenvalue weighted by molar-refractivity contribution is 7.20. The molecule has 0 aliphatic carbocycles. The molecule has 3 aromatic rings. The van der Waals surface area contributed by atoms with Crippen molar-refractivity contribution in [2.75, 3.05) is 5.32 Å². The Kier molecular flexibility index (Phi) is 4.38. The number of aromatic nitrogens is 2. The molecule has 24 heavy (non-hydrogen) atoms. The van der Waals surface area contributed by atoms with Gasteiger partial charge in [-0.25, -0.2) is 4.98 Å². The highest BCUT2D eigenvalue weighted by atomic mass is 35.5. The number of carbonyl (C=O) groups is 1. The second kappa shape index (κ2) is 6.20. The molecule has 1 N–H and O–H groups in total. The van der Waals surface area contributed by atoms with Gasteiger partial charge in [-0.05, 0) is 37.1 Å². The molecule has 124 valence electrons. The van der Waals surface area contributed by atoms with Crippen LogP contribution >= 0.6 is 34.5 Å². The van der Waals surface area contributed by atoms with E-state index in [4.69, 9.17) is 23.2 Å². The van der Waals surface area contributed by atoms with Crippen LogP contribution in [0, 0.1) is 13.8 Å². The standard InChI is InChI=1S/C16H13Cl2N3O2S/c1-7-10(17)4-9(5-11(7)18)20-14(22)13-8(2)12-15(24-13)19-6-21(3)16(12)23/h4-6H,1-3H3,(H,20,22). The van der Waals surface area contributed by atoms with Crippen LogP contribution in [-0.2, 0) is 7.05 Å². The van der Waals surface area contributed by atoms with Gasteiger partial charge in [0.25, 0.3) is 11.5 Å². The monoisotopic (exact) mass is 381 g/mol. The number of hydrogen-bond donors (Lipinski definition) is 1. The number of thiophene rings is 1. The minimum atomic E-state index is -0.325. The van der Waals surface area contributed by atoms with E-state index in [1.54, 1.807) is 33.0 Å². The van der Waals surface area contributed by atoms with Gasteiger partial charge in [0.05, 0.1) is 16.6 Å². The first-order chi connectivity index (χ1) is 11.3. The SMILES string of the molecule is Cc1c(Cl)cc(NC(=O)c2sc3ncn(C)c(=O)c3c2C)cc1Cl. The third-order valence-corrected chi connectivity index (χ3v) is 5.74. The molecule has 0 spiro atoms. The van der Waals surface area contributed by atoms with Crippen molar-refractivity contribution in [2.45, 2.75) is 13.8 Å². The fourth-order valence-electron chi connectivity index (χ4n) is 2.33. The lowest BCUT2D eigenvalue weighted by Crippen LogP contribution is -2.17. The average Bonchev–Trinajstić information content (AvgIpc) is 2.86. The summed E-state index contributed by atoms with van der Waals surface area (Å²) in [6, 6.07) is 3.28. The van der Waals surface area contributed by atoms with E-state index in [1.165, 1.54) is 22.2 Å². The summed E-state index contributed by atoms with van der Waals surface area (Å²) in [7, 11) is 1.63. The smallest absolute Gasteiger partial charge is 0.266 e. The van der Waals surface area contributed by atoms with E-state index in [2.05, 4.69) is 10.3 Å². The fraction of sp³-hybridized carbons (Fsp3) is 0.188. The summed E-state index contributed by atoms with van der Waals surface area (Å²) in [6.07, 6.45) is 1.45. The Labute approximate surface area is 151 Å². The van der Waals surface area contributed by atoms with Crippen molar-refractivity contribution < 1.29 is 4.79 Å². The maximum Gasteiger partial charge on any atom is 0.266 e. The maximum atomic E-state index is 12.6. The molecular weight excluding hydrogens is 369 g/mol. The van der Waals surface area contributed by atoms with Crippen LogP contribution in [-0.4, -0.2) is 15.5 Å². The molecule has 0 saturated carbocycles. The van der Waals surface area contributed by atoms with E-state index in [0.717, 1.165) is 5.56 Å². The number of nitrogens with zero attached hydrogens (tertiary/aromatic N) is 2. The van der Waals surface area contributed by atoms with Crippen molar-refractivity contribution >= 4 is 56.3 Å². The van der Waals surface area contributed by atoms with Gasteiger partial charge in [0.2, 0.25) is 0 Å². The number of benzene rings is 1. The Morgan fingerprint density at radius 2 is 1.83 bits per heavy atom. The largest absolute Gasteiger partial charge is 0.321 e. The number of aryl methyl sites for hydroxylation is 2. The van der Waals surface area contributed by atoms with Gasteiger partial charge in [0, 0.05) is 22.8 Å². The number of nitrogens with one attached hydrogen (secondary N) is 1. The van der Waals surface area contributed by atoms with E-state index < -0.39 is 0 Å². The molecule has 3 rings (SSSR count). The van der Waals surface area contributed by atoms with Gasteiger partial charge in [0.15, 0.2) is 0 Å². The summed E-state index contributed by atoms with van der Waals surface area (Å²) in [4.78, 5) is 30.0. The third-order valence-electron chi connectivity index (χ3n) is 3.76. The Morgan fingerprint density at radius 1 is 1.21 bits per heavy atom. The molecule has 1 aromatic carbocycles. The van der Waals surface area contributed by atoms with E-state index >= 15 is 0 Å². The zero-order valence-corrected chi connectivity index (χ0v) is 15.4. The van der Waals surface area contributed by atoms with E-state index in [1.807, 2.05) is 0 Å². The molecular formula is C16H13Cl2N3O2S. The number of halogens is 2. The molecule has 0 aliphatic heterocycles. The lowest BCUT2D eigenvalue weighted by atomic mass is 10.2. The van der Waals surface area contributed by atoms with Gasteiger partial charge in [-0.1, -0.05) is 23.2 Å². The van der Waals surface area contributed by atoms with Crippen LogP contribution in [0.25, 0.3) is 10.2 Å². The summed E-state index contributed by atoms with van der Waals surface area (Å²) >= 11 is 13.4. The van der Waals surface area contributed by atoms with E-state index in [9.17, 15) is 9.59 Å². The summed E-state index contributed by atoms with van der Waals surface area (Å²) in [6.45, 7) is 3.54. The van der Waals surface area contributed by atoms with Gasteiger partial charge >= 0.3 is 0 Å². The van der Waals surface area contributed by atoms with Crippen molar-refractivity contribution in [1.29, 1.82) is 0 Å². The van der Waals surface area contributed by atoms with Crippen LogP contribution in [0.4, 0.5) is 5.69 Å². The molecule has 0 unspecified atom stereocenters. The van der Waals surface area contributed by atoms with Crippen molar-refractivity contribution in [1.82, 2.24) is 9.55 Å². The van der Waals surface area contributed by atoms with Crippen LogP contribution in [0.5, 0.6) is 0 Å². The molecule has 0 saturated heterocycles. The topological polar surface area (TPSA) is 64.0 Å². The second-order valence-electron chi connectivity index (χ2n) is 5.42. The van der Waals surface area contributed by atoms with Crippen LogP contribution in [0.2, 0.25) is 10.0 Å². The van der Waals surface area contributed by atoms with Gasteiger partial charge in [-0.15, -0.1) is 11.3 Å². The molecule has 0 fully saturated rings. The zero-order valence-electron chi connectivity index (χ0n) is 13.1. The Morgan fingerprint density at radius 3 is 2.46 bits per heavy atom. The first-order valence-corrected chi connectivity index (χ1v) is 8.58. The molecule has 2 heterocycles. The van der Waals surface area contributed by atoms with Crippen molar-refractivity contribution in [2.24, 2.45) is 7.05 Å². The second-order valence-corrected chi connectivity index (χ2v) is 7.23. The molecule has 5 nitrogen and oxygen atoms in total. The number of anilines is 1. The predicted octanol–water partition coefficient (Wildman–Crippen LogP) is 4.17. The third kappa shape index (κ3) is 2.81. The molecule has 0 aliphatic rings. The minimum Gasteiger partial charge on any atom is -0.321 e. The average molecular weight is 382 g/mol. The first kappa shape index (κ1) is 17.0. The van der Waals surface area contributed by atoms with Crippen LogP contribution < -0.4 is 10.9 Å². The van der Waals surface area contributed by atoms with Crippen molar-refractivity contribution in [3.8, 4) is 0 Å². The van der Waals surface area contributed by atoms with Crippen LogP contribution in [0.3, 0.4) is 0 Å². The van der Waals surface area contributed by atoms with E-state index in [0.29, 0.717) is 36.4 Å².